The maximum atomic E-state index is 12.5. The van der Waals surface area contributed by atoms with E-state index in [1.807, 2.05) is 4.90 Å². The molecule has 0 spiro atoms. The summed E-state index contributed by atoms with van der Waals surface area (Å²) >= 11 is 0. The van der Waals surface area contributed by atoms with Crippen LogP contribution in [0.5, 0.6) is 0 Å². The van der Waals surface area contributed by atoms with Crippen molar-refractivity contribution >= 4 is 11.6 Å². The number of rotatable bonds is 5. The number of hydrogen-bond donors (Lipinski definition) is 2. The molecule has 6 nitrogen and oxygen atoms in total. The zero-order valence-electron chi connectivity index (χ0n) is 11.8. The molecular weight excluding hydrogens is 256 g/mol. The van der Waals surface area contributed by atoms with Crippen molar-refractivity contribution in [3.8, 4) is 0 Å². The number of hydrazine groups is 1. The van der Waals surface area contributed by atoms with Crippen molar-refractivity contribution in [2.75, 3.05) is 25.1 Å². The van der Waals surface area contributed by atoms with Gasteiger partial charge in [0.25, 0.3) is 5.91 Å². The molecule has 20 heavy (non-hydrogen) atoms. The van der Waals surface area contributed by atoms with Crippen molar-refractivity contribution in [3.05, 3.63) is 24.0 Å². The van der Waals surface area contributed by atoms with Crippen molar-refractivity contribution in [2.24, 2.45) is 5.84 Å². The Morgan fingerprint density at radius 2 is 2.50 bits per heavy atom. The molecule has 2 rings (SSSR count). The van der Waals surface area contributed by atoms with Crippen LogP contribution in [0.2, 0.25) is 0 Å². The van der Waals surface area contributed by atoms with E-state index in [-0.39, 0.29) is 12.0 Å². The molecule has 1 atom stereocenters. The number of amides is 1. The number of aromatic nitrogens is 1. The van der Waals surface area contributed by atoms with E-state index in [1.165, 1.54) is 0 Å². The number of likely N-dealkylation sites (tertiary alicyclic amines) is 1. The average Bonchev–Trinajstić information content (AvgIpc) is 2.52. The normalized spacial score (nSPS) is 18.9. The highest BCUT2D eigenvalue weighted by molar-refractivity contribution is 5.99. The molecule has 0 saturated carbocycles. The van der Waals surface area contributed by atoms with Gasteiger partial charge in [-0.2, -0.15) is 0 Å². The van der Waals surface area contributed by atoms with Crippen LogP contribution in [0, 0.1) is 0 Å². The summed E-state index contributed by atoms with van der Waals surface area (Å²) in [6.07, 6.45) is 6.26. The zero-order valence-corrected chi connectivity index (χ0v) is 11.8. The molecule has 6 heteroatoms. The van der Waals surface area contributed by atoms with Crippen molar-refractivity contribution in [3.63, 3.8) is 0 Å². The fraction of sp³-hybridized carbons (Fsp3) is 0.571. The molecule has 1 saturated heterocycles. The summed E-state index contributed by atoms with van der Waals surface area (Å²) in [5.41, 5.74) is 3.65. The van der Waals surface area contributed by atoms with Gasteiger partial charge in [-0.3, -0.25) is 15.6 Å². The van der Waals surface area contributed by atoms with Gasteiger partial charge in [-0.15, -0.1) is 0 Å². The zero-order chi connectivity index (χ0) is 14.4. The number of anilines is 1. The number of hydrogen-bond acceptors (Lipinski definition) is 5. The van der Waals surface area contributed by atoms with E-state index in [4.69, 9.17) is 10.6 Å². The van der Waals surface area contributed by atoms with Gasteiger partial charge in [0.2, 0.25) is 0 Å². The van der Waals surface area contributed by atoms with Gasteiger partial charge in [-0.25, -0.2) is 0 Å². The number of carbonyl (C=O) groups is 1. The molecule has 110 valence electrons. The Bertz CT molecular complexity index is 453. The van der Waals surface area contributed by atoms with Crippen LogP contribution in [-0.2, 0) is 4.74 Å². The van der Waals surface area contributed by atoms with Crippen molar-refractivity contribution in [1.82, 2.24) is 9.88 Å². The maximum Gasteiger partial charge on any atom is 0.257 e. The molecule has 1 aromatic rings. The summed E-state index contributed by atoms with van der Waals surface area (Å²) in [5, 5.41) is 0. The summed E-state index contributed by atoms with van der Waals surface area (Å²) in [6, 6.07) is 1.70. The molecule has 0 aromatic carbocycles. The lowest BCUT2D eigenvalue weighted by atomic mass is 10.1. The number of nitrogens with zero attached hydrogens (tertiary/aromatic N) is 2. The number of carbonyl (C=O) groups excluding carboxylic acids is 1. The summed E-state index contributed by atoms with van der Waals surface area (Å²) in [6.45, 7) is 4.22. The lowest BCUT2D eigenvalue weighted by molar-refractivity contribution is 0.00213. The van der Waals surface area contributed by atoms with Crippen LogP contribution in [0.25, 0.3) is 0 Å². The molecule has 0 bridgehead atoms. The second-order valence-electron chi connectivity index (χ2n) is 4.95. The van der Waals surface area contributed by atoms with E-state index in [2.05, 4.69) is 17.3 Å². The molecule has 1 aliphatic rings. The van der Waals surface area contributed by atoms with E-state index in [0.717, 1.165) is 32.4 Å². The predicted octanol–water partition coefficient (Wildman–Crippen LogP) is 1.40. The first-order chi connectivity index (χ1) is 9.76. The van der Waals surface area contributed by atoms with Crippen molar-refractivity contribution in [1.29, 1.82) is 0 Å². The SMILES string of the molecule is CCCOC1CCCN(C(=O)c2cnccc2NN)C1. The fourth-order valence-corrected chi connectivity index (χ4v) is 2.40. The third kappa shape index (κ3) is 3.46. The Hall–Kier alpha value is -1.66. The summed E-state index contributed by atoms with van der Waals surface area (Å²) in [7, 11) is 0. The molecule has 0 aliphatic carbocycles. The highest BCUT2D eigenvalue weighted by Crippen LogP contribution is 2.19. The number of pyridine rings is 1. The van der Waals surface area contributed by atoms with Gasteiger partial charge in [-0.1, -0.05) is 6.92 Å². The molecule has 1 unspecified atom stereocenters. The molecule has 1 aromatic heterocycles. The van der Waals surface area contributed by atoms with Gasteiger partial charge in [0.1, 0.15) is 0 Å². The standard InChI is InChI=1S/C14H22N4O2/c1-2-8-20-11-4-3-7-18(10-11)14(19)12-9-16-6-5-13(12)17-15/h5-6,9,11H,2-4,7-8,10,15H2,1H3,(H,16,17). The number of piperidine rings is 1. The second-order valence-corrected chi connectivity index (χ2v) is 4.95. The van der Waals surface area contributed by atoms with Crippen molar-refractivity contribution < 1.29 is 9.53 Å². The van der Waals surface area contributed by atoms with E-state index < -0.39 is 0 Å². The lowest BCUT2D eigenvalue weighted by Crippen LogP contribution is -2.43. The van der Waals surface area contributed by atoms with E-state index in [9.17, 15) is 4.79 Å². The van der Waals surface area contributed by atoms with Gasteiger partial charge in [0, 0.05) is 32.1 Å². The molecule has 2 heterocycles. The minimum absolute atomic E-state index is 0.0455. The van der Waals surface area contributed by atoms with Gasteiger partial charge >= 0.3 is 0 Å². The van der Waals surface area contributed by atoms with Crippen LogP contribution in [0.3, 0.4) is 0 Å². The number of nitrogens with two attached hydrogens (primary N) is 1. The first-order valence-corrected chi connectivity index (χ1v) is 7.07. The number of nitrogens with one attached hydrogen (secondary N) is 1. The Labute approximate surface area is 119 Å². The van der Waals surface area contributed by atoms with Crippen LogP contribution in [-0.4, -0.2) is 41.6 Å². The third-order valence-electron chi connectivity index (χ3n) is 3.43. The quantitative estimate of drug-likeness (QED) is 0.628. The Morgan fingerprint density at radius 3 is 3.25 bits per heavy atom. The van der Waals surface area contributed by atoms with E-state index >= 15 is 0 Å². The van der Waals surface area contributed by atoms with Crippen LogP contribution >= 0.6 is 0 Å². The van der Waals surface area contributed by atoms with Crippen molar-refractivity contribution in [2.45, 2.75) is 32.3 Å². The first-order valence-electron chi connectivity index (χ1n) is 7.07. The summed E-state index contributed by atoms with van der Waals surface area (Å²) in [5.74, 6) is 5.39. The topological polar surface area (TPSA) is 80.5 Å². The molecule has 1 fully saturated rings. The first kappa shape index (κ1) is 14.7. The minimum atomic E-state index is -0.0455. The fourth-order valence-electron chi connectivity index (χ4n) is 2.40. The van der Waals surface area contributed by atoms with Gasteiger partial charge < -0.3 is 15.1 Å². The molecular formula is C14H22N4O2. The Kier molecular flexibility index (Phi) is 5.31. The predicted molar refractivity (Wildman–Crippen MR) is 77.2 cm³/mol. The molecule has 3 N–H and O–H groups in total. The summed E-state index contributed by atoms with van der Waals surface area (Å²) < 4.78 is 5.76. The third-order valence-corrected chi connectivity index (χ3v) is 3.43. The van der Waals surface area contributed by atoms with Gasteiger partial charge in [0.05, 0.1) is 17.4 Å². The molecule has 1 aliphatic heterocycles. The maximum absolute atomic E-state index is 12.5. The number of nitrogen functional groups attached to an aromatic ring is 1. The van der Waals surface area contributed by atoms with Gasteiger partial charge in [0.15, 0.2) is 0 Å². The van der Waals surface area contributed by atoms with Crippen LogP contribution in [0.15, 0.2) is 18.5 Å². The smallest absolute Gasteiger partial charge is 0.257 e. The van der Waals surface area contributed by atoms with E-state index in [1.54, 1.807) is 18.5 Å². The molecule has 0 radical (unpaired) electrons. The van der Waals surface area contributed by atoms with Gasteiger partial charge in [-0.05, 0) is 25.3 Å². The highest BCUT2D eigenvalue weighted by atomic mass is 16.5. The average molecular weight is 278 g/mol. The summed E-state index contributed by atoms with van der Waals surface area (Å²) in [4.78, 5) is 18.4. The second kappa shape index (κ2) is 7.21. The highest BCUT2D eigenvalue weighted by Gasteiger charge is 2.26. The Balaban J connectivity index is 2.04. The van der Waals surface area contributed by atoms with Crippen LogP contribution in [0.1, 0.15) is 36.5 Å². The molecule has 1 amide bonds. The monoisotopic (exact) mass is 278 g/mol. The van der Waals surface area contributed by atoms with Crippen LogP contribution < -0.4 is 11.3 Å². The largest absolute Gasteiger partial charge is 0.376 e. The lowest BCUT2D eigenvalue weighted by Gasteiger charge is -2.33. The van der Waals surface area contributed by atoms with Crippen LogP contribution in [0.4, 0.5) is 5.69 Å². The van der Waals surface area contributed by atoms with E-state index in [0.29, 0.717) is 17.8 Å². The minimum Gasteiger partial charge on any atom is -0.376 e. The Morgan fingerprint density at radius 1 is 1.65 bits per heavy atom. The number of ether oxygens (including phenoxy) is 1.